The van der Waals surface area contributed by atoms with E-state index in [1.165, 1.54) is 6.20 Å². The lowest BCUT2D eigenvalue weighted by atomic mass is 10.1. The van der Waals surface area contributed by atoms with E-state index in [4.69, 9.17) is 10.8 Å². The van der Waals surface area contributed by atoms with Crippen molar-refractivity contribution in [2.24, 2.45) is 0 Å². The molecule has 2 rings (SSSR count). The van der Waals surface area contributed by atoms with Crippen LogP contribution in [0.2, 0.25) is 0 Å². The highest BCUT2D eigenvalue weighted by Gasteiger charge is 2.19. The molecule has 0 aromatic carbocycles. The van der Waals surface area contributed by atoms with Crippen molar-refractivity contribution >= 4 is 17.1 Å². The maximum atomic E-state index is 9.71. The van der Waals surface area contributed by atoms with Crippen molar-refractivity contribution in [3.05, 3.63) is 12.5 Å². The second-order valence-corrected chi connectivity index (χ2v) is 3.91. The Kier molecular flexibility index (Phi) is 3.21. The first kappa shape index (κ1) is 11.7. The van der Waals surface area contributed by atoms with Gasteiger partial charge in [-0.2, -0.15) is 4.98 Å². The number of aliphatic hydroxyl groups is 2. The number of aliphatic hydroxyl groups excluding tert-OH is 2. The molecule has 0 bridgehead atoms. The monoisotopic (exact) mass is 237 g/mol. The Labute approximate surface area is 97.9 Å². The lowest BCUT2D eigenvalue weighted by Crippen LogP contribution is -2.22. The number of anilines is 1. The van der Waals surface area contributed by atoms with E-state index in [-0.39, 0.29) is 18.6 Å². The molecule has 2 aromatic rings. The summed E-state index contributed by atoms with van der Waals surface area (Å²) in [7, 11) is 0. The maximum Gasteiger partial charge on any atom is 0.222 e. The van der Waals surface area contributed by atoms with Gasteiger partial charge in [-0.05, 0) is 13.3 Å². The SMILES string of the molecule is CC(O)C(CCO)n1cnc2cnc(N)nc21. The highest BCUT2D eigenvalue weighted by atomic mass is 16.3. The largest absolute Gasteiger partial charge is 0.396 e. The third-order valence-corrected chi connectivity index (χ3v) is 2.67. The van der Waals surface area contributed by atoms with Gasteiger partial charge in [0.2, 0.25) is 5.95 Å². The van der Waals surface area contributed by atoms with Crippen molar-refractivity contribution < 1.29 is 10.2 Å². The van der Waals surface area contributed by atoms with Crippen LogP contribution in [-0.4, -0.2) is 42.4 Å². The van der Waals surface area contributed by atoms with E-state index in [2.05, 4.69) is 15.0 Å². The summed E-state index contributed by atoms with van der Waals surface area (Å²) in [4.78, 5) is 12.1. The predicted octanol–water partition coefficient (Wildman–Crippen LogP) is -0.287. The van der Waals surface area contributed by atoms with Gasteiger partial charge in [0.05, 0.1) is 24.7 Å². The molecule has 0 aliphatic rings. The Morgan fingerprint density at radius 2 is 2.24 bits per heavy atom. The zero-order valence-corrected chi connectivity index (χ0v) is 9.48. The highest BCUT2D eigenvalue weighted by molar-refractivity contribution is 5.70. The van der Waals surface area contributed by atoms with Gasteiger partial charge in [0, 0.05) is 6.61 Å². The number of rotatable bonds is 4. The molecular weight excluding hydrogens is 222 g/mol. The van der Waals surface area contributed by atoms with Gasteiger partial charge in [0.1, 0.15) is 5.52 Å². The topological polar surface area (TPSA) is 110 Å². The smallest absolute Gasteiger partial charge is 0.222 e. The fourth-order valence-corrected chi connectivity index (χ4v) is 1.83. The van der Waals surface area contributed by atoms with Crippen molar-refractivity contribution in [1.82, 2.24) is 19.5 Å². The molecule has 7 heteroatoms. The average molecular weight is 237 g/mol. The quantitative estimate of drug-likeness (QED) is 0.674. The van der Waals surface area contributed by atoms with Gasteiger partial charge in [-0.25, -0.2) is 9.97 Å². The zero-order valence-electron chi connectivity index (χ0n) is 9.48. The van der Waals surface area contributed by atoms with Crippen molar-refractivity contribution in [3.8, 4) is 0 Å². The van der Waals surface area contributed by atoms with Crippen LogP contribution in [0.5, 0.6) is 0 Å². The zero-order chi connectivity index (χ0) is 12.4. The van der Waals surface area contributed by atoms with Gasteiger partial charge in [-0.3, -0.25) is 0 Å². The molecule has 0 amide bonds. The van der Waals surface area contributed by atoms with Gasteiger partial charge in [-0.1, -0.05) is 0 Å². The van der Waals surface area contributed by atoms with Crippen LogP contribution in [0, 0.1) is 0 Å². The predicted molar refractivity (Wildman–Crippen MR) is 62.2 cm³/mol. The molecular formula is C10H15N5O2. The molecule has 0 aliphatic heterocycles. The summed E-state index contributed by atoms with van der Waals surface area (Å²) in [6.07, 6.45) is 2.92. The Morgan fingerprint density at radius 3 is 2.88 bits per heavy atom. The lowest BCUT2D eigenvalue weighted by Gasteiger charge is -2.20. The number of fused-ring (bicyclic) bond motifs is 1. The maximum absolute atomic E-state index is 9.71. The minimum atomic E-state index is -0.615. The van der Waals surface area contributed by atoms with Gasteiger partial charge in [0.15, 0.2) is 5.65 Å². The first-order chi connectivity index (χ1) is 8.13. The summed E-state index contributed by atoms with van der Waals surface area (Å²) >= 11 is 0. The Balaban J connectivity index is 2.49. The van der Waals surface area contributed by atoms with Crippen LogP contribution >= 0.6 is 0 Å². The van der Waals surface area contributed by atoms with Crippen LogP contribution in [0.15, 0.2) is 12.5 Å². The molecule has 2 atom stereocenters. The summed E-state index contributed by atoms with van der Waals surface area (Å²) in [5, 5.41) is 18.7. The standard InChI is InChI=1S/C10H15N5O2/c1-6(17)8(2-3-16)15-5-13-7-4-12-10(11)14-9(7)15/h4-6,8,16-17H,2-3H2,1H3,(H2,11,12,14). The van der Waals surface area contributed by atoms with E-state index in [1.54, 1.807) is 17.8 Å². The van der Waals surface area contributed by atoms with Crippen molar-refractivity contribution in [2.75, 3.05) is 12.3 Å². The fraction of sp³-hybridized carbons (Fsp3) is 0.500. The minimum absolute atomic E-state index is 0.0180. The Bertz CT molecular complexity index is 510. The molecule has 0 fully saturated rings. The molecule has 4 N–H and O–H groups in total. The number of hydrogen-bond acceptors (Lipinski definition) is 6. The third kappa shape index (κ3) is 2.20. The van der Waals surface area contributed by atoms with Crippen LogP contribution < -0.4 is 5.73 Å². The Morgan fingerprint density at radius 1 is 1.47 bits per heavy atom. The number of nitrogens with two attached hydrogens (primary N) is 1. The van der Waals surface area contributed by atoms with Crippen LogP contribution in [-0.2, 0) is 0 Å². The van der Waals surface area contributed by atoms with Crippen LogP contribution in [0.3, 0.4) is 0 Å². The molecule has 0 spiro atoms. The molecule has 2 aromatic heterocycles. The fourth-order valence-electron chi connectivity index (χ4n) is 1.83. The van der Waals surface area contributed by atoms with Gasteiger partial charge in [-0.15, -0.1) is 0 Å². The van der Waals surface area contributed by atoms with E-state index in [9.17, 15) is 5.11 Å². The number of hydrogen-bond donors (Lipinski definition) is 3. The molecule has 0 aliphatic carbocycles. The molecule has 7 nitrogen and oxygen atoms in total. The summed E-state index contributed by atoms with van der Waals surface area (Å²) in [6, 6.07) is -0.278. The lowest BCUT2D eigenvalue weighted by molar-refractivity contribution is 0.111. The van der Waals surface area contributed by atoms with E-state index < -0.39 is 6.10 Å². The van der Waals surface area contributed by atoms with Crippen LogP contribution in [0.4, 0.5) is 5.95 Å². The van der Waals surface area contributed by atoms with E-state index in [1.807, 2.05) is 0 Å². The Hall–Kier alpha value is -1.73. The summed E-state index contributed by atoms with van der Waals surface area (Å²) in [6.45, 7) is 1.65. The average Bonchev–Trinajstić information content (AvgIpc) is 2.68. The van der Waals surface area contributed by atoms with Crippen LogP contribution in [0.1, 0.15) is 19.4 Å². The first-order valence-corrected chi connectivity index (χ1v) is 5.37. The number of imidazole rings is 1. The van der Waals surface area contributed by atoms with E-state index in [0.29, 0.717) is 17.6 Å². The van der Waals surface area contributed by atoms with Crippen LogP contribution in [0.25, 0.3) is 11.2 Å². The highest BCUT2D eigenvalue weighted by Crippen LogP contribution is 2.21. The minimum Gasteiger partial charge on any atom is -0.396 e. The second kappa shape index (κ2) is 4.64. The molecule has 2 unspecified atom stereocenters. The van der Waals surface area contributed by atoms with Gasteiger partial charge < -0.3 is 20.5 Å². The van der Waals surface area contributed by atoms with Crippen molar-refractivity contribution in [1.29, 1.82) is 0 Å². The molecule has 0 saturated heterocycles. The molecule has 0 radical (unpaired) electrons. The molecule has 17 heavy (non-hydrogen) atoms. The molecule has 92 valence electrons. The molecule has 0 saturated carbocycles. The number of nitrogen functional groups attached to an aromatic ring is 1. The number of aromatic nitrogens is 4. The second-order valence-electron chi connectivity index (χ2n) is 3.91. The van der Waals surface area contributed by atoms with E-state index in [0.717, 1.165) is 0 Å². The van der Waals surface area contributed by atoms with Gasteiger partial charge >= 0.3 is 0 Å². The summed E-state index contributed by atoms with van der Waals surface area (Å²) in [5.41, 5.74) is 6.71. The summed E-state index contributed by atoms with van der Waals surface area (Å²) in [5.74, 6) is 0.160. The van der Waals surface area contributed by atoms with Crippen molar-refractivity contribution in [3.63, 3.8) is 0 Å². The number of nitrogens with zero attached hydrogens (tertiary/aromatic N) is 4. The van der Waals surface area contributed by atoms with Crippen molar-refractivity contribution in [2.45, 2.75) is 25.5 Å². The normalized spacial score (nSPS) is 15.0. The third-order valence-electron chi connectivity index (χ3n) is 2.67. The molecule has 2 heterocycles. The van der Waals surface area contributed by atoms with Gasteiger partial charge in [0.25, 0.3) is 0 Å². The summed E-state index contributed by atoms with van der Waals surface area (Å²) < 4.78 is 1.72. The first-order valence-electron chi connectivity index (χ1n) is 5.37. The van der Waals surface area contributed by atoms with E-state index >= 15 is 0 Å².